The zero-order valence-electron chi connectivity index (χ0n) is 14.4. The lowest BCUT2D eigenvalue weighted by molar-refractivity contribution is -0.153. The summed E-state index contributed by atoms with van der Waals surface area (Å²) in [6.45, 7) is -2.48. The number of benzene rings is 1. The van der Waals surface area contributed by atoms with Crippen LogP contribution in [0.15, 0.2) is 24.3 Å². The van der Waals surface area contributed by atoms with Gasteiger partial charge in [0.05, 0.1) is 11.8 Å². The van der Waals surface area contributed by atoms with E-state index in [0.29, 0.717) is 37.9 Å². The Morgan fingerprint density at radius 3 is 2.37 bits per heavy atom. The van der Waals surface area contributed by atoms with Crippen LogP contribution in [0, 0.1) is 11.8 Å². The molecule has 0 spiro atoms. The van der Waals surface area contributed by atoms with E-state index in [0.717, 1.165) is 0 Å². The van der Waals surface area contributed by atoms with Crippen LogP contribution in [-0.4, -0.2) is 42.1 Å². The first kappa shape index (κ1) is 19.1. The monoisotopic (exact) mass is 382 g/mol. The molecule has 0 radical (unpaired) electrons. The lowest BCUT2D eigenvalue weighted by Gasteiger charge is -2.36. The highest BCUT2D eigenvalue weighted by Gasteiger charge is 2.43. The van der Waals surface area contributed by atoms with Crippen molar-refractivity contribution in [1.82, 2.24) is 5.32 Å². The number of piperidine rings is 1. The van der Waals surface area contributed by atoms with Crippen LogP contribution in [0.4, 0.5) is 14.5 Å². The molecule has 7 nitrogen and oxygen atoms in total. The quantitative estimate of drug-likeness (QED) is 0.785. The minimum atomic E-state index is -2.92. The smallest absolute Gasteiger partial charge is 0.387 e. The van der Waals surface area contributed by atoms with Gasteiger partial charge in [0.2, 0.25) is 11.8 Å². The van der Waals surface area contributed by atoms with Gasteiger partial charge in [0.25, 0.3) is 0 Å². The largest absolute Gasteiger partial charge is 0.481 e. The van der Waals surface area contributed by atoms with Crippen LogP contribution < -0.4 is 15.0 Å². The summed E-state index contributed by atoms with van der Waals surface area (Å²) >= 11 is 0. The molecule has 3 rings (SSSR count). The van der Waals surface area contributed by atoms with Gasteiger partial charge < -0.3 is 20.1 Å². The standard InChI is InChI=1S/C18H20F2N2O5/c19-18(20)27-11-5-3-10(4-6-11)22-9-1-2-14(16(22)24)21-15(23)12-7-8-13(12)17(25)26/h3-6,12-14,18H,1-2,7-9H2,(H,21,23)(H,25,26). The number of aliphatic carboxylic acids is 1. The second-order valence-corrected chi connectivity index (χ2v) is 6.69. The minimum Gasteiger partial charge on any atom is -0.481 e. The molecule has 1 aliphatic heterocycles. The second-order valence-electron chi connectivity index (χ2n) is 6.69. The molecule has 2 N–H and O–H groups in total. The van der Waals surface area contributed by atoms with E-state index in [1.807, 2.05) is 0 Å². The molecule has 146 valence electrons. The number of anilines is 1. The molecule has 1 aromatic rings. The number of carbonyl (C=O) groups is 3. The molecule has 3 atom stereocenters. The van der Waals surface area contributed by atoms with Crippen molar-refractivity contribution >= 4 is 23.5 Å². The maximum absolute atomic E-state index is 12.7. The van der Waals surface area contributed by atoms with Crippen LogP contribution in [0.3, 0.4) is 0 Å². The maximum atomic E-state index is 12.7. The fraction of sp³-hybridized carbons (Fsp3) is 0.500. The summed E-state index contributed by atoms with van der Waals surface area (Å²) in [7, 11) is 0. The van der Waals surface area contributed by atoms with Crippen molar-refractivity contribution in [3.63, 3.8) is 0 Å². The average molecular weight is 382 g/mol. The second kappa shape index (κ2) is 7.89. The fourth-order valence-electron chi connectivity index (χ4n) is 3.46. The van der Waals surface area contributed by atoms with Gasteiger partial charge in [-0.2, -0.15) is 8.78 Å². The first-order valence-electron chi connectivity index (χ1n) is 8.76. The Labute approximate surface area is 154 Å². The van der Waals surface area contributed by atoms with E-state index in [4.69, 9.17) is 5.11 Å². The summed E-state index contributed by atoms with van der Waals surface area (Å²) in [4.78, 5) is 37.6. The lowest BCUT2D eigenvalue weighted by Crippen LogP contribution is -2.55. The number of carbonyl (C=O) groups excluding carboxylic acids is 2. The van der Waals surface area contributed by atoms with Crippen molar-refractivity contribution in [3.05, 3.63) is 24.3 Å². The van der Waals surface area contributed by atoms with Gasteiger partial charge in [0.1, 0.15) is 11.8 Å². The molecule has 1 aliphatic carbocycles. The fourth-order valence-corrected chi connectivity index (χ4v) is 3.46. The average Bonchev–Trinajstić information content (AvgIpc) is 2.55. The van der Waals surface area contributed by atoms with Gasteiger partial charge in [0.15, 0.2) is 0 Å². The lowest BCUT2D eigenvalue weighted by atomic mass is 9.73. The number of ether oxygens (including phenoxy) is 1. The highest BCUT2D eigenvalue weighted by Crippen LogP contribution is 2.35. The van der Waals surface area contributed by atoms with Crippen molar-refractivity contribution in [2.45, 2.75) is 38.3 Å². The predicted octanol–water partition coefficient (Wildman–Crippen LogP) is 2.01. The number of hydrogen-bond acceptors (Lipinski definition) is 4. The van der Waals surface area contributed by atoms with Gasteiger partial charge in [-0.15, -0.1) is 0 Å². The van der Waals surface area contributed by atoms with Crippen molar-refractivity contribution in [3.8, 4) is 5.75 Å². The summed E-state index contributed by atoms with van der Waals surface area (Å²) in [5, 5.41) is 11.7. The van der Waals surface area contributed by atoms with E-state index in [2.05, 4.69) is 10.1 Å². The molecule has 1 aromatic carbocycles. The van der Waals surface area contributed by atoms with Crippen LogP contribution in [0.25, 0.3) is 0 Å². The van der Waals surface area contributed by atoms with Gasteiger partial charge >= 0.3 is 12.6 Å². The molecule has 9 heteroatoms. The van der Waals surface area contributed by atoms with Crippen molar-refractivity contribution < 1.29 is 33.0 Å². The molecule has 2 amide bonds. The number of carboxylic acids is 1. The van der Waals surface area contributed by atoms with E-state index < -0.39 is 36.4 Å². The predicted molar refractivity (Wildman–Crippen MR) is 90.4 cm³/mol. The third kappa shape index (κ3) is 4.17. The number of alkyl halides is 2. The molecule has 0 aromatic heterocycles. The van der Waals surface area contributed by atoms with Crippen LogP contribution in [0.2, 0.25) is 0 Å². The summed E-state index contributed by atoms with van der Waals surface area (Å²) in [5.41, 5.74) is 0.521. The van der Waals surface area contributed by atoms with E-state index in [1.54, 1.807) is 0 Å². The van der Waals surface area contributed by atoms with Gasteiger partial charge in [-0.1, -0.05) is 0 Å². The maximum Gasteiger partial charge on any atom is 0.387 e. The first-order valence-corrected chi connectivity index (χ1v) is 8.76. The van der Waals surface area contributed by atoms with E-state index >= 15 is 0 Å². The molecule has 2 aliphatic rings. The summed E-state index contributed by atoms with van der Waals surface area (Å²) in [6, 6.07) is 4.99. The zero-order valence-corrected chi connectivity index (χ0v) is 14.4. The molecule has 2 fully saturated rings. The number of nitrogens with zero attached hydrogens (tertiary/aromatic N) is 1. The molecule has 27 heavy (non-hydrogen) atoms. The van der Waals surface area contributed by atoms with E-state index in [-0.39, 0.29) is 11.7 Å². The highest BCUT2D eigenvalue weighted by molar-refractivity contribution is 6.00. The Kier molecular flexibility index (Phi) is 5.57. The Bertz CT molecular complexity index is 725. The summed E-state index contributed by atoms with van der Waals surface area (Å²) in [5.74, 6) is -3.01. The van der Waals surface area contributed by atoms with Gasteiger partial charge in [-0.05, 0) is 49.9 Å². The van der Waals surface area contributed by atoms with E-state index in [9.17, 15) is 23.2 Å². The van der Waals surface area contributed by atoms with Gasteiger partial charge in [-0.25, -0.2) is 0 Å². The SMILES string of the molecule is O=C(O)C1CCC1C(=O)NC1CCCN(c2ccc(OC(F)F)cc2)C1=O. The highest BCUT2D eigenvalue weighted by atomic mass is 19.3. The molecule has 1 saturated carbocycles. The van der Waals surface area contributed by atoms with Crippen LogP contribution in [-0.2, 0) is 14.4 Å². The van der Waals surface area contributed by atoms with E-state index in [1.165, 1.54) is 29.2 Å². The van der Waals surface area contributed by atoms with Crippen LogP contribution >= 0.6 is 0 Å². The molecule has 1 saturated heterocycles. The topological polar surface area (TPSA) is 95.9 Å². The van der Waals surface area contributed by atoms with Crippen molar-refractivity contribution in [1.29, 1.82) is 0 Å². The normalized spacial score (nSPS) is 25.1. The molecular weight excluding hydrogens is 362 g/mol. The molecule has 3 unspecified atom stereocenters. The number of rotatable bonds is 6. The Morgan fingerprint density at radius 2 is 1.81 bits per heavy atom. The molecular formula is C18H20F2N2O5. The first-order chi connectivity index (χ1) is 12.9. The Morgan fingerprint density at radius 1 is 1.15 bits per heavy atom. The van der Waals surface area contributed by atoms with Crippen molar-refractivity contribution in [2.75, 3.05) is 11.4 Å². The zero-order chi connectivity index (χ0) is 19.6. The third-order valence-corrected chi connectivity index (χ3v) is 5.06. The number of carboxylic acid groups (broad SMARTS) is 1. The number of halogens is 2. The summed E-state index contributed by atoms with van der Waals surface area (Å²) < 4.78 is 28.7. The molecule has 0 bridgehead atoms. The molecule has 1 heterocycles. The summed E-state index contributed by atoms with van der Waals surface area (Å²) in [6.07, 6.45) is 2.08. The Balaban J connectivity index is 1.63. The van der Waals surface area contributed by atoms with Gasteiger partial charge in [0, 0.05) is 12.2 Å². The van der Waals surface area contributed by atoms with Crippen LogP contribution in [0.5, 0.6) is 5.75 Å². The minimum absolute atomic E-state index is 0.00671. The number of hydrogen-bond donors (Lipinski definition) is 2. The number of amides is 2. The van der Waals surface area contributed by atoms with Crippen LogP contribution in [0.1, 0.15) is 25.7 Å². The third-order valence-electron chi connectivity index (χ3n) is 5.06. The number of nitrogens with one attached hydrogen (secondary N) is 1. The van der Waals surface area contributed by atoms with Gasteiger partial charge in [-0.3, -0.25) is 14.4 Å². The Hall–Kier alpha value is -2.71. The van der Waals surface area contributed by atoms with Crippen molar-refractivity contribution in [2.24, 2.45) is 11.8 Å².